The highest BCUT2D eigenvalue weighted by atomic mass is 16.5. The van der Waals surface area contributed by atoms with Crippen LogP contribution in [0.3, 0.4) is 0 Å². The van der Waals surface area contributed by atoms with E-state index in [9.17, 15) is 9.59 Å². The van der Waals surface area contributed by atoms with Gasteiger partial charge in [0.2, 0.25) is 17.7 Å². The normalized spacial score (nSPS) is 13.2. The van der Waals surface area contributed by atoms with Crippen LogP contribution >= 0.6 is 0 Å². The van der Waals surface area contributed by atoms with Crippen LogP contribution in [0.5, 0.6) is 17.4 Å². The van der Waals surface area contributed by atoms with Crippen molar-refractivity contribution < 1.29 is 19.1 Å². The minimum atomic E-state index is -0.402. The Morgan fingerprint density at radius 3 is 2.24 bits per heavy atom. The van der Waals surface area contributed by atoms with Crippen molar-refractivity contribution in [3.63, 3.8) is 0 Å². The number of nitrogens with zero attached hydrogens (tertiary/aromatic N) is 5. The number of anilines is 4. The van der Waals surface area contributed by atoms with Gasteiger partial charge in [-0.3, -0.25) is 14.5 Å². The average molecular weight is 694 g/mol. The highest BCUT2D eigenvalue weighted by Gasteiger charge is 2.22. The highest BCUT2D eigenvalue weighted by molar-refractivity contribution is 6.06. The molecule has 0 radical (unpaired) electrons. The Balaban J connectivity index is 1.38. The van der Waals surface area contributed by atoms with Crippen molar-refractivity contribution in [2.24, 2.45) is 0 Å². The summed E-state index contributed by atoms with van der Waals surface area (Å²) in [6, 6.07) is 20.1. The maximum absolute atomic E-state index is 13.7. The summed E-state index contributed by atoms with van der Waals surface area (Å²) in [5, 5.41) is 6.30. The number of aromatic nitrogens is 2. The van der Waals surface area contributed by atoms with Gasteiger partial charge >= 0.3 is 0 Å². The maximum atomic E-state index is 13.7. The van der Waals surface area contributed by atoms with Gasteiger partial charge in [-0.05, 0) is 101 Å². The van der Waals surface area contributed by atoms with Crippen LogP contribution in [0.15, 0.2) is 66.9 Å². The fourth-order valence-corrected chi connectivity index (χ4v) is 6.28. The van der Waals surface area contributed by atoms with Crippen molar-refractivity contribution in [3.05, 3.63) is 89.1 Å². The standard InChI is InChI=1S/C40H51N7O4/c1-8-45(9-2)36(48)20-14-30-13-19-34(35(25-30)50-7)51-39-33(38(49)43-37-28(5)11-10-12-29(37)6)26-41-40(44-39)42-31-15-17-32(18-16-31)47-23-21-46(22-24-47)27(3)4/h10-13,15-19,25-27H,8-9,14,20-24H2,1-7H3,(H,43,49)(H,41,42,44). The Hall–Kier alpha value is -5.16. The van der Waals surface area contributed by atoms with E-state index < -0.39 is 5.91 Å². The topological polar surface area (TPSA) is 112 Å². The van der Waals surface area contributed by atoms with E-state index in [1.165, 1.54) is 11.9 Å². The van der Waals surface area contributed by atoms with E-state index in [0.717, 1.165) is 54.2 Å². The van der Waals surface area contributed by atoms with E-state index >= 15 is 0 Å². The zero-order valence-corrected chi connectivity index (χ0v) is 31.0. The molecule has 0 aliphatic carbocycles. The van der Waals surface area contributed by atoms with Crippen LogP contribution in [0.4, 0.5) is 23.0 Å². The third-order valence-electron chi connectivity index (χ3n) is 9.43. The molecule has 2 amide bonds. The Morgan fingerprint density at radius 1 is 0.922 bits per heavy atom. The molecule has 1 aliphatic heterocycles. The van der Waals surface area contributed by atoms with Crippen molar-refractivity contribution in [2.75, 3.05) is 61.9 Å². The van der Waals surface area contributed by atoms with Gasteiger partial charge < -0.3 is 29.9 Å². The molecule has 2 heterocycles. The Kier molecular flexibility index (Phi) is 12.5. The number of para-hydroxylation sites is 1. The molecule has 1 fully saturated rings. The molecule has 2 N–H and O–H groups in total. The minimum Gasteiger partial charge on any atom is -0.493 e. The Morgan fingerprint density at radius 2 is 1.61 bits per heavy atom. The second kappa shape index (κ2) is 17.2. The van der Waals surface area contributed by atoms with Gasteiger partial charge in [0.1, 0.15) is 5.56 Å². The molecule has 0 spiro atoms. The van der Waals surface area contributed by atoms with Gasteiger partial charge in [-0.15, -0.1) is 0 Å². The number of carbonyl (C=O) groups is 2. The summed E-state index contributed by atoms with van der Waals surface area (Å²) in [5.74, 6) is 0.891. The molecular weight excluding hydrogens is 642 g/mol. The van der Waals surface area contributed by atoms with Crippen molar-refractivity contribution in [3.8, 4) is 17.4 Å². The van der Waals surface area contributed by atoms with Gasteiger partial charge in [0.25, 0.3) is 5.91 Å². The van der Waals surface area contributed by atoms with Gasteiger partial charge in [0.05, 0.1) is 7.11 Å². The molecule has 1 aliphatic rings. The van der Waals surface area contributed by atoms with E-state index in [4.69, 9.17) is 9.47 Å². The number of hydrogen-bond donors (Lipinski definition) is 2. The smallest absolute Gasteiger partial charge is 0.262 e. The van der Waals surface area contributed by atoms with E-state index in [-0.39, 0.29) is 23.3 Å². The van der Waals surface area contributed by atoms with Crippen LogP contribution in [0, 0.1) is 13.8 Å². The van der Waals surface area contributed by atoms with Crippen LogP contribution in [-0.4, -0.2) is 84.0 Å². The third-order valence-corrected chi connectivity index (χ3v) is 9.43. The van der Waals surface area contributed by atoms with Crippen LogP contribution < -0.4 is 25.0 Å². The Bertz CT molecular complexity index is 1780. The molecule has 0 bridgehead atoms. The summed E-state index contributed by atoms with van der Waals surface area (Å²) < 4.78 is 12.0. The lowest BCUT2D eigenvalue weighted by Gasteiger charge is -2.38. The van der Waals surface area contributed by atoms with Crippen LogP contribution in [0.25, 0.3) is 0 Å². The molecule has 11 heteroatoms. The monoisotopic (exact) mass is 693 g/mol. The summed E-state index contributed by atoms with van der Waals surface area (Å²) in [7, 11) is 1.56. The first-order chi connectivity index (χ1) is 24.6. The fourth-order valence-electron chi connectivity index (χ4n) is 6.28. The molecule has 0 unspecified atom stereocenters. The quantitative estimate of drug-likeness (QED) is 0.141. The first-order valence-corrected chi connectivity index (χ1v) is 17.8. The minimum absolute atomic E-state index is 0.0682. The number of amides is 2. The van der Waals surface area contributed by atoms with E-state index in [2.05, 4.69) is 56.4 Å². The fraction of sp³-hybridized carbons (Fsp3) is 0.400. The van der Waals surface area contributed by atoms with Crippen molar-refractivity contribution in [1.82, 2.24) is 19.8 Å². The molecular formula is C40H51N7O4. The van der Waals surface area contributed by atoms with Crippen molar-refractivity contribution >= 4 is 34.8 Å². The molecule has 1 saturated heterocycles. The molecule has 0 atom stereocenters. The van der Waals surface area contributed by atoms with Crippen LogP contribution in [0.2, 0.25) is 0 Å². The third kappa shape index (κ3) is 9.35. The van der Waals surface area contributed by atoms with Crippen molar-refractivity contribution in [1.29, 1.82) is 0 Å². The molecule has 3 aromatic carbocycles. The van der Waals surface area contributed by atoms with E-state index in [0.29, 0.717) is 43.5 Å². The molecule has 0 saturated carbocycles. The number of ether oxygens (including phenoxy) is 2. The van der Waals surface area contributed by atoms with Gasteiger partial charge in [-0.1, -0.05) is 24.3 Å². The maximum Gasteiger partial charge on any atom is 0.262 e. The predicted octanol–water partition coefficient (Wildman–Crippen LogP) is 7.22. The number of benzene rings is 3. The number of hydrogen-bond acceptors (Lipinski definition) is 9. The zero-order valence-electron chi connectivity index (χ0n) is 31.0. The van der Waals surface area contributed by atoms with E-state index in [1.54, 1.807) is 13.2 Å². The summed E-state index contributed by atoms with van der Waals surface area (Å²) in [5.41, 5.74) is 5.67. The second-order valence-corrected chi connectivity index (χ2v) is 13.1. The number of methoxy groups -OCH3 is 1. The first-order valence-electron chi connectivity index (χ1n) is 17.8. The van der Waals surface area contributed by atoms with Gasteiger partial charge in [-0.2, -0.15) is 4.98 Å². The number of rotatable bonds is 14. The van der Waals surface area contributed by atoms with Crippen LogP contribution in [0.1, 0.15) is 61.2 Å². The lowest BCUT2D eigenvalue weighted by Crippen LogP contribution is -2.48. The summed E-state index contributed by atoms with van der Waals surface area (Å²) in [6.07, 6.45) is 2.42. The number of carbonyl (C=O) groups excluding carboxylic acids is 2. The largest absolute Gasteiger partial charge is 0.493 e. The van der Waals surface area contributed by atoms with Gasteiger partial charge in [0, 0.05) is 75.0 Å². The molecule has 5 rings (SSSR count). The van der Waals surface area contributed by atoms with Gasteiger partial charge in [-0.25, -0.2) is 4.98 Å². The lowest BCUT2D eigenvalue weighted by atomic mass is 10.1. The van der Waals surface area contributed by atoms with Gasteiger partial charge in [0.15, 0.2) is 11.5 Å². The SMILES string of the molecule is CCN(CC)C(=O)CCc1ccc(Oc2nc(Nc3ccc(N4CCN(C(C)C)CC4)cc3)ncc2C(=O)Nc2c(C)cccc2C)c(OC)c1. The lowest BCUT2D eigenvalue weighted by molar-refractivity contribution is -0.130. The Labute approximate surface area is 302 Å². The summed E-state index contributed by atoms with van der Waals surface area (Å²) in [6.45, 7) is 17.8. The molecule has 11 nitrogen and oxygen atoms in total. The second-order valence-electron chi connectivity index (χ2n) is 13.1. The molecule has 1 aromatic heterocycles. The summed E-state index contributed by atoms with van der Waals surface area (Å²) in [4.78, 5) is 42.2. The van der Waals surface area contributed by atoms with Crippen molar-refractivity contribution in [2.45, 2.75) is 60.4 Å². The number of aryl methyl sites for hydroxylation is 3. The predicted molar refractivity (Wildman–Crippen MR) is 204 cm³/mol. The molecule has 51 heavy (non-hydrogen) atoms. The highest BCUT2D eigenvalue weighted by Crippen LogP contribution is 2.35. The zero-order chi connectivity index (χ0) is 36.5. The molecule has 4 aromatic rings. The molecule has 270 valence electrons. The number of piperazine rings is 1. The average Bonchev–Trinajstić information content (AvgIpc) is 3.13. The summed E-state index contributed by atoms with van der Waals surface area (Å²) >= 11 is 0. The van der Waals surface area contributed by atoms with E-state index in [1.807, 2.05) is 75.1 Å². The van der Waals surface area contributed by atoms with Crippen LogP contribution in [-0.2, 0) is 11.2 Å². The number of nitrogens with one attached hydrogen (secondary N) is 2. The first kappa shape index (κ1) is 37.1.